The number of rotatable bonds is 4. The number of nitrogens with zero attached hydrogens (tertiary/aromatic N) is 4. The number of imide groups is 1. The van der Waals surface area contributed by atoms with Crippen LogP contribution in [-0.4, -0.2) is 43.4 Å². The van der Waals surface area contributed by atoms with Crippen molar-refractivity contribution in [3.63, 3.8) is 0 Å². The molecule has 0 aliphatic carbocycles. The molecule has 136 valence electrons. The molecule has 0 radical (unpaired) electrons. The molecular weight excluding hydrogens is 354 g/mol. The molecule has 1 aliphatic heterocycles. The second kappa shape index (κ2) is 6.38. The van der Waals surface area contributed by atoms with Gasteiger partial charge in [-0.15, -0.1) is 0 Å². The third-order valence-electron chi connectivity index (χ3n) is 4.93. The van der Waals surface area contributed by atoms with Crippen LogP contribution in [0.4, 0.5) is 0 Å². The van der Waals surface area contributed by atoms with E-state index in [1.54, 1.807) is 18.5 Å². The number of hydrogen-bond acceptors (Lipinski definition) is 5. The molecule has 7 nitrogen and oxygen atoms in total. The van der Waals surface area contributed by atoms with Crippen LogP contribution in [0.25, 0.3) is 22.3 Å². The minimum atomic E-state index is -0.316. The lowest BCUT2D eigenvalue weighted by Gasteiger charge is -2.13. The zero-order valence-electron chi connectivity index (χ0n) is 14.8. The maximum atomic E-state index is 13.1. The molecular formula is C21H15N5O2. The second-order valence-electron chi connectivity index (χ2n) is 6.58. The van der Waals surface area contributed by atoms with E-state index in [-0.39, 0.29) is 11.8 Å². The zero-order valence-corrected chi connectivity index (χ0v) is 14.8. The molecule has 5 rings (SSSR count). The fourth-order valence-electron chi connectivity index (χ4n) is 3.55. The summed E-state index contributed by atoms with van der Waals surface area (Å²) in [6.45, 7) is 0.317. The van der Waals surface area contributed by atoms with E-state index in [1.165, 1.54) is 11.1 Å². The molecule has 3 aromatic heterocycles. The van der Waals surface area contributed by atoms with Gasteiger partial charge < -0.3 is 0 Å². The lowest BCUT2D eigenvalue weighted by Crippen LogP contribution is -2.31. The van der Waals surface area contributed by atoms with Crippen molar-refractivity contribution in [3.05, 3.63) is 77.7 Å². The van der Waals surface area contributed by atoms with Crippen molar-refractivity contribution in [2.45, 2.75) is 6.42 Å². The molecule has 0 atom stereocenters. The Balaban J connectivity index is 1.56. The SMILES string of the molecule is O=C1c2cnc3n[nH]c(-c4cccnc4)c3c2C(=O)N1CCc1ccccc1. The number of carbonyl (C=O) groups is 2. The van der Waals surface area contributed by atoms with E-state index in [2.05, 4.69) is 20.2 Å². The summed E-state index contributed by atoms with van der Waals surface area (Å²) < 4.78 is 0. The molecule has 4 aromatic rings. The average Bonchev–Trinajstić information content (AvgIpc) is 3.27. The Hall–Kier alpha value is -3.87. The molecule has 1 aliphatic rings. The number of pyridine rings is 2. The Bertz CT molecular complexity index is 1200. The molecule has 0 fully saturated rings. The van der Waals surface area contributed by atoms with Crippen molar-refractivity contribution in [2.24, 2.45) is 0 Å². The Kier molecular flexibility index (Phi) is 3.72. The minimum absolute atomic E-state index is 0.310. The number of H-pyrrole nitrogens is 1. The fourth-order valence-corrected chi connectivity index (χ4v) is 3.55. The van der Waals surface area contributed by atoms with Crippen LogP contribution in [0.1, 0.15) is 26.3 Å². The topological polar surface area (TPSA) is 91.8 Å². The van der Waals surface area contributed by atoms with E-state index in [4.69, 9.17) is 0 Å². The van der Waals surface area contributed by atoms with Crippen LogP contribution in [0.2, 0.25) is 0 Å². The number of amides is 2. The Morgan fingerprint density at radius 1 is 0.964 bits per heavy atom. The number of nitrogens with one attached hydrogen (secondary N) is 1. The van der Waals surface area contributed by atoms with Crippen molar-refractivity contribution in [1.29, 1.82) is 0 Å². The van der Waals surface area contributed by atoms with E-state index in [0.717, 1.165) is 11.1 Å². The summed E-state index contributed by atoms with van der Waals surface area (Å²) in [5.41, 5.74) is 3.57. The number of fused-ring (bicyclic) bond motifs is 3. The summed E-state index contributed by atoms with van der Waals surface area (Å²) in [6, 6.07) is 13.5. The molecule has 0 spiro atoms. The largest absolute Gasteiger partial charge is 0.275 e. The van der Waals surface area contributed by atoms with Crippen molar-refractivity contribution in [3.8, 4) is 11.3 Å². The standard InChI is InChI=1S/C21H15N5O2/c27-20-15-12-23-19-17(18(24-25-19)14-7-4-9-22-11-14)16(15)21(28)26(20)10-8-13-5-2-1-3-6-13/h1-7,9,11-12H,8,10H2,(H,23,24,25). The number of carbonyl (C=O) groups excluding carboxylic acids is 2. The lowest BCUT2D eigenvalue weighted by atomic mass is 10.0. The van der Waals surface area contributed by atoms with Gasteiger partial charge in [0.05, 0.1) is 22.2 Å². The summed E-state index contributed by atoms with van der Waals surface area (Å²) in [7, 11) is 0. The number of hydrogen-bond donors (Lipinski definition) is 1. The molecule has 1 N–H and O–H groups in total. The first-order chi connectivity index (χ1) is 13.7. The van der Waals surface area contributed by atoms with Gasteiger partial charge in [0.15, 0.2) is 5.65 Å². The zero-order chi connectivity index (χ0) is 19.1. The van der Waals surface area contributed by atoms with Crippen molar-refractivity contribution >= 4 is 22.8 Å². The Labute approximate surface area is 160 Å². The number of benzene rings is 1. The van der Waals surface area contributed by atoms with Crippen LogP contribution >= 0.6 is 0 Å². The highest BCUT2D eigenvalue weighted by Gasteiger charge is 2.38. The highest BCUT2D eigenvalue weighted by molar-refractivity contribution is 6.27. The normalized spacial score (nSPS) is 13.4. The van der Waals surface area contributed by atoms with Gasteiger partial charge in [0, 0.05) is 30.7 Å². The molecule has 4 heterocycles. The highest BCUT2D eigenvalue weighted by atomic mass is 16.2. The minimum Gasteiger partial charge on any atom is -0.275 e. The predicted molar refractivity (Wildman–Crippen MR) is 103 cm³/mol. The van der Waals surface area contributed by atoms with E-state index < -0.39 is 0 Å². The van der Waals surface area contributed by atoms with E-state index in [0.29, 0.717) is 40.8 Å². The number of aromatic amines is 1. The van der Waals surface area contributed by atoms with Gasteiger partial charge in [-0.1, -0.05) is 30.3 Å². The summed E-state index contributed by atoms with van der Waals surface area (Å²) in [5.74, 6) is -0.626. The third kappa shape index (κ3) is 2.48. The van der Waals surface area contributed by atoms with Gasteiger partial charge in [0.1, 0.15) is 0 Å². The fraction of sp³-hybridized carbons (Fsp3) is 0.0952. The van der Waals surface area contributed by atoms with Crippen LogP contribution < -0.4 is 0 Å². The monoisotopic (exact) mass is 369 g/mol. The van der Waals surface area contributed by atoms with Gasteiger partial charge in [0.2, 0.25) is 0 Å². The highest BCUT2D eigenvalue weighted by Crippen LogP contribution is 2.34. The number of aromatic nitrogens is 4. The maximum Gasteiger partial charge on any atom is 0.263 e. The van der Waals surface area contributed by atoms with E-state index >= 15 is 0 Å². The van der Waals surface area contributed by atoms with E-state index in [1.807, 2.05) is 36.4 Å². The van der Waals surface area contributed by atoms with Crippen LogP contribution in [0.5, 0.6) is 0 Å². The van der Waals surface area contributed by atoms with Crippen LogP contribution in [0.3, 0.4) is 0 Å². The molecule has 7 heteroatoms. The van der Waals surface area contributed by atoms with Crippen LogP contribution in [-0.2, 0) is 6.42 Å². The van der Waals surface area contributed by atoms with Crippen molar-refractivity contribution in [1.82, 2.24) is 25.1 Å². The molecule has 0 saturated carbocycles. The molecule has 0 saturated heterocycles. The third-order valence-corrected chi connectivity index (χ3v) is 4.93. The van der Waals surface area contributed by atoms with Gasteiger partial charge in [-0.3, -0.25) is 24.6 Å². The summed E-state index contributed by atoms with van der Waals surface area (Å²) >= 11 is 0. The summed E-state index contributed by atoms with van der Waals surface area (Å²) in [4.78, 5) is 35.7. The van der Waals surface area contributed by atoms with Gasteiger partial charge in [0.25, 0.3) is 11.8 Å². The van der Waals surface area contributed by atoms with Gasteiger partial charge >= 0.3 is 0 Å². The van der Waals surface area contributed by atoms with Crippen LogP contribution in [0, 0.1) is 0 Å². The Morgan fingerprint density at radius 2 is 1.82 bits per heavy atom. The average molecular weight is 369 g/mol. The summed E-state index contributed by atoms with van der Waals surface area (Å²) in [6.07, 6.45) is 5.39. The lowest BCUT2D eigenvalue weighted by molar-refractivity contribution is 0.0656. The molecule has 0 unspecified atom stereocenters. The smallest absolute Gasteiger partial charge is 0.263 e. The first-order valence-corrected chi connectivity index (χ1v) is 8.91. The van der Waals surface area contributed by atoms with Gasteiger partial charge in [-0.25, -0.2) is 4.98 Å². The van der Waals surface area contributed by atoms with Crippen LogP contribution in [0.15, 0.2) is 61.1 Å². The molecule has 28 heavy (non-hydrogen) atoms. The van der Waals surface area contributed by atoms with E-state index in [9.17, 15) is 9.59 Å². The quantitative estimate of drug-likeness (QED) is 0.559. The maximum absolute atomic E-state index is 13.1. The summed E-state index contributed by atoms with van der Waals surface area (Å²) in [5, 5.41) is 7.70. The second-order valence-corrected chi connectivity index (χ2v) is 6.58. The molecule has 2 amide bonds. The van der Waals surface area contributed by atoms with Crippen molar-refractivity contribution < 1.29 is 9.59 Å². The first-order valence-electron chi connectivity index (χ1n) is 8.91. The first kappa shape index (κ1) is 16.3. The van der Waals surface area contributed by atoms with Gasteiger partial charge in [-0.2, -0.15) is 5.10 Å². The Morgan fingerprint density at radius 3 is 2.61 bits per heavy atom. The molecule has 0 bridgehead atoms. The van der Waals surface area contributed by atoms with Crippen molar-refractivity contribution in [2.75, 3.05) is 6.54 Å². The van der Waals surface area contributed by atoms with Gasteiger partial charge in [-0.05, 0) is 24.1 Å². The predicted octanol–water partition coefficient (Wildman–Crippen LogP) is 2.86. The molecule has 1 aromatic carbocycles.